The van der Waals surface area contributed by atoms with E-state index in [-0.39, 0.29) is 6.04 Å². The smallest absolute Gasteiger partial charge is 0.167 e. The molecular formula is C13H15N5S. The van der Waals surface area contributed by atoms with E-state index in [4.69, 9.17) is 0 Å². The standard InChI is InChI=1S/C13H15N5S/c1-4-11(13-15-5-6-19-13)16-12-10(7-14)8(2)9(3)17-18-12/h5-6,11H,4H2,1-3H3,(H,16,18). The van der Waals surface area contributed by atoms with E-state index in [0.717, 1.165) is 22.7 Å². The zero-order valence-electron chi connectivity index (χ0n) is 11.1. The van der Waals surface area contributed by atoms with Crippen LogP contribution in [-0.2, 0) is 0 Å². The summed E-state index contributed by atoms with van der Waals surface area (Å²) in [5.74, 6) is 0.535. The summed E-state index contributed by atoms with van der Waals surface area (Å²) >= 11 is 1.59. The molecule has 0 aliphatic rings. The Balaban J connectivity index is 2.33. The van der Waals surface area contributed by atoms with Crippen molar-refractivity contribution in [2.45, 2.75) is 33.2 Å². The highest BCUT2D eigenvalue weighted by molar-refractivity contribution is 7.09. The molecule has 0 spiro atoms. The molecule has 0 bridgehead atoms. The first-order valence-electron chi connectivity index (χ1n) is 6.07. The summed E-state index contributed by atoms with van der Waals surface area (Å²) in [6, 6.07) is 2.26. The number of nitrogens with zero attached hydrogens (tertiary/aromatic N) is 4. The van der Waals surface area contributed by atoms with Gasteiger partial charge in [0.25, 0.3) is 0 Å². The SMILES string of the molecule is CCC(Nc1nnc(C)c(C)c1C#N)c1nccs1. The van der Waals surface area contributed by atoms with Crippen LogP contribution in [0, 0.1) is 25.2 Å². The molecule has 0 saturated heterocycles. The molecule has 5 nitrogen and oxygen atoms in total. The van der Waals surface area contributed by atoms with Crippen molar-refractivity contribution in [2.24, 2.45) is 0 Å². The van der Waals surface area contributed by atoms with Crippen LogP contribution in [0.15, 0.2) is 11.6 Å². The van der Waals surface area contributed by atoms with Crippen LogP contribution in [-0.4, -0.2) is 15.2 Å². The maximum absolute atomic E-state index is 9.27. The molecule has 0 radical (unpaired) electrons. The summed E-state index contributed by atoms with van der Waals surface area (Å²) in [5, 5.41) is 23.6. The average molecular weight is 273 g/mol. The van der Waals surface area contributed by atoms with Gasteiger partial charge in [0, 0.05) is 11.6 Å². The van der Waals surface area contributed by atoms with Gasteiger partial charge in [-0.1, -0.05) is 6.92 Å². The lowest BCUT2D eigenvalue weighted by molar-refractivity contribution is 0.731. The molecule has 98 valence electrons. The topological polar surface area (TPSA) is 74.5 Å². The molecule has 0 amide bonds. The lowest BCUT2D eigenvalue weighted by atomic mass is 10.1. The van der Waals surface area contributed by atoms with E-state index < -0.39 is 0 Å². The Bertz CT molecular complexity index is 600. The highest BCUT2D eigenvalue weighted by Gasteiger charge is 2.17. The Labute approximate surface area is 116 Å². The average Bonchev–Trinajstić information content (AvgIpc) is 2.94. The molecule has 6 heteroatoms. The van der Waals surface area contributed by atoms with E-state index in [1.54, 1.807) is 17.5 Å². The van der Waals surface area contributed by atoms with Gasteiger partial charge < -0.3 is 5.32 Å². The molecule has 1 unspecified atom stereocenters. The van der Waals surface area contributed by atoms with Crippen LogP contribution in [0.3, 0.4) is 0 Å². The second kappa shape index (κ2) is 5.76. The Morgan fingerprint density at radius 1 is 1.42 bits per heavy atom. The van der Waals surface area contributed by atoms with E-state index >= 15 is 0 Å². The minimum Gasteiger partial charge on any atom is -0.358 e. The summed E-state index contributed by atoms with van der Waals surface area (Å²) in [6.07, 6.45) is 2.65. The number of anilines is 1. The Kier molecular flexibility index (Phi) is 4.07. The third-order valence-corrected chi connectivity index (χ3v) is 3.92. The van der Waals surface area contributed by atoms with E-state index in [1.165, 1.54) is 0 Å². The van der Waals surface area contributed by atoms with Gasteiger partial charge in [0.15, 0.2) is 5.82 Å². The van der Waals surface area contributed by atoms with Gasteiger partial charge >= 0.3 is 0 Å². The first-order chi connectivity index (χ1) is 9.17. The molecule has 2 aromatic heterocycles. The zero-order valence-corrected chi connectivity index (χ0v) is 12.0. The lowest BCUT2D eigenvalue weighted by Crippen LogP contribution is -2.13. The third kappa shape index (κ3) is 2.71. The fourth-order valence-corrected chi connectivity index (χ4v) is 2.53. The third-order valence-electron chi connectivity index (χ3n) is 3.04. The molecule has 0 fully saturated rings. The molecule has 1 N–H and O–H groups in total. The van der Waals surface area contributed by atoms with Gasteiger partial charge in [-0.15, -0.1) is 16.4 Å². The molecule has 2 heterocycles. The van der Waals surface area contributed by atoms with E-state index in [0.29, 0.717) is 11.4 Å². The van der Waals surface area contributed by atoms with Crippen LogP contribution in [0.2, 0.25) is 0 Å². The number of aryl methyl sites for hydroxylation is 1. The van der Waals surface area contributed by atoms with E-state index in [2.05, 4.69) is 33.5 Å². The van der Waals surface area contributed by atoms with Crippen molar-refractivity contribution in [3.05, 3.63) is 33.4 Å². The van der Waals surface area contributed by atoms with Crippen molar-refractivity contribution >= 4 is 17.2 Å². The highest BCUT2D eigenvalue weighted by Crippen LogP contribution is 2.26. The molecule has 2 aromatic rings. The first kappa shape index (κ1) is 13.4. The molecule has 19 heavy (non-hydrogen) atoms. The molecule has 2 rings (SSSR count). The van der Waals surface area contributed by atoms with Crippen molar-refractivity contribution in [2.75, 3.05) is 5.32 Å². The van der Waals surface area contributed by atoms with Crippen molar-refractivity contribution in [3.63, 3.8) is 0 Å². The number of aromatic nitrogens is 3. The number of hydrogen-bond donors (Lipinski definition) is 1. The number of nitriles is 1. The van der Waals surface area contributed by atoms with Gasteiger partial charge in [-0.3, -0.25) is 0 Å². The Hall–Kier alpha value is -2.00. The first-order valence-corrected chi connectivity index (χ1v) is 6.95. The van der Waals surface area contributed by atoms with Gasteiger partial charge in [0.05, 0.1) is 11.7 Å². The van der Waals surface area contributed by atoms with Crippen LogP contribution in [0.4, 0.5) is 5.82 Å². The second-order valence-electron chi connectivity index (χ2n) is 4.22. The number of rotatable bonds is 4. The lowest BCUT2D eigenvalue weighted by Gasteiger charge is -2.16. The summed E-state index contributed by atoms with van der Waals surface area (Å²) in [6.45, 7) is 5.81. The molecule has 1 atom stereocenters. The number of nitrogens with one attached hydrogen (secondary N) is 1. The van der Waals surface area contributed by atoms with Gasteiger partial charge in [0.2, 0.25) is 0 Å². The minimum absolute atomic E-state index is 0.0588. The van der Waals surface area contributed by atoms with Crippen molar-refractivity contribution < 1.29 is 0 Å². The predicted molar refractivity (Wildman–Crippen MR) is 75.0 cm³/mol. The quantitative estimate of drug-likeness (QED) is 0.926. The van der Waals surface area contributed by atoms with Crippen LogP contribution in [0.5, 0.6) is 0 Å². The van der Waals surface area contributed by atoms with Crippen molar-refractivity contribution in [3.8, 4) is 6.07 Å². The normalized spacial score (nSPS) is 11.9. The molecule has 0 aromatic carbocycles. The Morgan fingerprint density at radius 2 is 2.21 bits per heavy atom. The zero-order chi connectivity index (χ0) is 13.8. The van der Waals surface area contributed by atoms with Crippen LogP contribution in [0.1, 0.15) is 41.2 Å². The number of thiazole rings is 1. The molecule has 0 aliphatic heterocycles. The van der Waals surface area contributed by atoms with Gasteiger partial charge in [-0.2, -0.15) is 10.4 Å². The highest BCUT2D eigenvalue weighted by atomic mass is 32.1. The van der Waals surface area contributed by atoms with Gasteiger partial charge in [-0.05, 0) is 25.8 Å². The van der Waals surface area contributed by atoms with E-state index in [1.807, 2.05) is 19.2 Å². The largest absolute Gasteiger partial charge is 0.358 e. The summed E-state index contributed by atoms with van der Waals surface area (Å²) < 4.78 is 0. The van der Waals surface area contributed by atoms with Crippen LogP contribution < -0.4 is 5.32 Å². The maximum Gasteiger partial charge on any atom is 0.167 e. The summed E-state index contributed by atoms with van der Waals surface area (Å²) in [5.41, 5.74) is 2.21. The monoisotopic (exact) mass is 273 g/mol. The van der Waals surface area contributed by atoms with Crippen LogP contribution >= 0.6 is 11.3 Å². The molecule has 0 saturated carbocycles. The number of hydrogen-bond acceptors (Lipinski definition) is 6. The van der Waals surface area contributed by atoms with Gasteiger partial charge in [0.1, 0.15) is 16.6 Å². The second-order valence-corrected chi connectivity index (χ2v) is 5.15. The fourth-order valence-electron chi connectivity index (χ4n) is 1.76. The summed E-state index contributed by atoms with van der Waals surface area (Å²) in [7, 11) is 0. The van der Waals surface area contributed by atoms with E-state index in [9.17, 15) is 5.26 Å². The molecule has 0 aliphatic carbocycles. The van der Waals surface area contributed by atoms with Crippen LogP contribution in [0.25, 0.3) is 0 Å². The van der Waals surface area contributed by atoms with Crippen molar-refractivity contribution in [1.29, 1.82) is 5.26 Å². The van der Waals surface area contributed by atoms with Gasteiger partial charge in [-0.25, -0.2) is 4.98 Å². The maximum atomic E-state index is 9.27. The fraction of sp³-hybridized carbons (Fsp3) is 0.385. The summed E-state index contributed by atoms with van der Waals surface area (Å²) in [4.78, 5) is 4.30. The minimum atomic E-state index is 0.0588. The Morgan fingerprint density at radius 3 is 2.79 bits per heavy atom. The van der Waals surface area contributed by atoms with Crippen molar-refractivity contribution in [1.82, 2.24) is 15.2 Å². The molecular weight excluding hydrogens is 258 g/mol. The predicted octanol–water partition coefficient (Wildman–Crippen LogP) is 2.98.